The molecular weight excluding hydrogens is 380 g/mol. The van der Waals surface area contributed by atoms with Crippen LogP contribution in [0.2, 0.25) is 0 Å². The first-order valence-corrected chi connectivity index (χ1v) is 7.49. The van der Waals surface area contributed by atoms with Gasteiger partial charge in [-0.2, -0.15) is 5.10 Å². The van der Waals surface area contributed by atoms with Crippen molar-refractivity contribution in [3.63, 3.8) is 0 Å². The van der Waals surface area contributed by atoms with Crippen molar-refractivity contribution in [3.05, 3.63) is 57.9 Å². The molecule has 2 N–H and O–H groups in total. The topological polar surface area (TPSA) is 43.8 Å². The number of rotatable bonds is 2. The van der Waals surface area contributed by atoms with E-state index in [-0.39, 0.29) is 5.82 Å². The molecular formula is C16H13FIN3. The van der Waals surface area contributed by atoms with E-state index in [2.05, 4.69) is 27.7 Å². The highest BCUT2D eigenvalue weighted by Gasteiger charge is 2.19. The molecule has 0 saturated heterocycles. The SMILES string of the molecule is Cn1nc(-c2ccc(I)cc2)c(-c2ccccc2F)c1N. The van der Waals surface area contributed by atoms with Gasteiger partial charge in [0.15, 0.2) is 0 Å². The second-order valence-electron chi connectivity index (χ2n) is 4.72. The van der Waals surface area contributed by atoms with Gasteiger partial charge in [0, 0.05) is 21.7 Å². The van der Waals surface area contributed by atoms with Crippen LogP contribution < -0.4 is 5.73 Å². The maximum Gasteiger partial charge on any atom is 0.131 e. The maximum absolute atomic E-state index is 14.1. The van der Waals surface area contributed by atoms with E-state index < -0.39 is 0 Å². The van der Waals surface area contributed by atoms with Crippen molar-refractivity contribution >= 4 is 28.4 Å². The molecule has 0 saturated carbocycles. The summed E-state index contributed by atoms with van der Waals surface area (Å²) in [6.45, 7) is 0. The second kappa shape index (κ2) is 5.48. The monoisotopic (exact) mass is 393 g/mol. The molecule has 21 heavy (non-hydrogen) atoms. The molecule has 1 heterocycles. The largest absolute Gasteiger partial charge is 0.383 e. The van der Waals surface area contributed by atoms with E-state index in [1.165, 1.54) is 6.07 Å². The number of aryl methyl sites for hydroxylation is 1. The molecule has 106 valence electrons. The van der Waals surface area contributed by atoms with Crippen LogP contribution >= 0.6 is 22.6 Å². The number of hydrogen-bond donors (Lipinski definition) is 1. The third-order valence-electron chi connectivity index (χ3n) is 3.35. The molecule has 1 aromatic heterocycles. The standard InChI is InChI=1S/C16H13FIN3/c1-21-16(19)14(12-4-2-3-5-13(12)17)15(20-21)10-6-8-11(18)9-7-10/h2-9H,19H2,1H3. The van der Waals surface area contributed by atoms with E-state index in [9.17, 15) is 4.39 Å². The maximum atomic E-state index is 14.1. The van der Waals surface area contributed by atoms with Crippen molar-refractivity contribution in [3.8, 4) is 22.4 Å². The predicted molar refractivity (Wildman–Crippen MR) is 91.2 cm³/mol. The Labute approximate surface area is 135 Å². The third kappa shape index (κ3) is 2.53. The van der Waals surface area contributed by atoms with Crippen LogP contribution in [0.4, 0.5) is 10.2 Å². The number of nitrogens with zero attached hydrogens (tertiary/aromatic N) is 2. The minimum absolute atomic E-state index is 0.302. The van der Waals surface area contributed by atoms with E-state index in [1.807, 2.05) is 24.3 Å². The third-order valence-corrected chi connectivity index (χ3v) is 4.07. The fraction of sp³-hybridized carbons (Fsp3) is 0.0625. The Morgan fingerprint density at radius 1 is 1.10 bits per heavy atom. The Kier molecular flexibility index (Phi) is 3.67. The van der Waals surface area contributed by atoms with E-state index in [0.29, 0.717) is 22.6 Å². The highest BCUT2D eigenvalue weighted by atomic mass is 127. The highest BCUT2D eigenvalue weighted by Crippen LogP contribution is 2.37. The highest BCUT2D eigenvalue weighted by molar-refractivity contribution is 14.1. The minimum atomic E-state index is -0.302. The lowest BCUT2D eigenvalue weighted by atomic mass is 10.0. The van der Waals surface area contributed by atoms with Crippen LogP contribution in [0.1, 0.15) is 0 Å². The molecule has 2 aromatic carbocycles. The summed E-state index contributed by atoms with van der Waals surface area (Å²) in [6.07, 6.45) is 0. The lowest BCUT2D eigenvalue weighted by Gasteiger charge is -2.06. The Balaban J connectivity index is 2.26. The zero-order chi connectivity index (χ0) is 15.0. The molecule has 0 spiro atoms. The van der Waals surface area contributed by atoms with Gasteiger partial charge in [-0.1, -0.05) is 30.3 Å². The first-order chi connectivity index (χ1) is 10.1. The van der Waals surface area contributed by atoms with E-state index in [0.717, 1.165) is 9.13 Å². The normalized spacial score (nSPS) is 10.8. The average molecular weight is 393 g/mol. The van der Waals surface area contributed by atoms with Gasteiger partial charge in [0.05, 0.1) is 5.56 Å². The van der Waals surface area contributed by atoms with Crippen LogP contribution in [0.3, 0.4) is 0 Å². The summed E-state index contributed by atoms with van der Waals surface area (Å²) in [5.74, 6) is 0.151. The number of halogens is 2. The van der Waals surface area contributed by atoms with Crippen LogP contribution in [-0.4, -0.2) is 9.78 Å². The molecule has 3 aromatic rings. The predicted octanol–water partition coefficient (Wildman–Crippen LogP) is 4.08. The first-order valence-electron chi connectivity index (χ1n) is 6.41. The van der Waals surface area contributed by atoms with Gasteiger partial charge in [-0.3, -0.25) is 4.68 Å². The Morgan fingerprint density at radius 2 is 1.76 bits per heavy atom. The zero-order valence-corrected chi connectivity index (χ0v) is 13.5. The van der Waals surface area contributed by atoms with Crippen LogP contribution in [0, 0.1) is 9.39 Å². The number of benzene rings is 2. The Morgan fingerprint density at radius 3 is 2.43 bits per heavy atom. The van der Waals surface area contributed by atoms with Crippen LogP contribution in [-0.2, 0) is 7.05 Å². The molecule has 0 aliphatic carbocycles. The van der Waals surface area contributed by atoms with E-state index in [4.69, 9.17) is 5.73 Å². The first kappa shape index (κ1) is 14.1. The molecule has 0 aliphatic heterocycles. The van der Waals surface area contributed by atoms with Crippen LogP contribution in [0.15, 0.2) is 48.5 Å². The molecule has 0 unspecified atom stereocenters. The molecule has 3 rings (SSSR count). The van der Waals surface area contributed by atoms with Crippen molar-refractivity contribution in [2.24, 2.45) is 7.05 Å². The van der Waals surface area contributed by atoms with Crippen LogP contribution in [0.5, 0.6) is 0 Å². The Bertz CT molecular complexity index is 794. The summed E-state index contributed by atoms with van der Waals surface area (Å²) in [4.78, 5) is 0. The number of anilines is 1. The fourth-order valence-electron chi connectivity index (χ4n) is 2.28. The van der Waals surface area contributed by atoms with Crippen molar-refractivity contribution in [1.82, 2.24) is 9.78 Å². The van der Waals surface area contributed by atoms with Gasteiger partial charge in [0.1, 0.15) is 17.3 Å². The molecule has 0 fully saturated rings. The number of aromatic nitrogens is 2. The molecule has 0 aliphatic rings. The van der Waals surface area contributed by atoms with Gasteiger partial charge in [-0.05, 0) is 40.8 Å². The van der Waals surface area contributed by atoms with Gasteiger partial charge in [-0.15, -0.1) is 0 Å². The minimum Gasteiger partial charge on any atom is -0.383 e. The lowest BCUT2D eigenvalue weighted by molar-refractivity contribution is 0.631. The van der Waals surface area contributed by atoms with Gasteiger partial charge in [0.25, 0.3) is 0 Å². The Hall–Kier alpha value is -1.89. The molecule has 0 bridgehead atoms. The summed E-state index contributed by atoms with van der Waals surface area (Å²) in [5.41, 5.74) is 8.82. The molecule has 0 radical (unpaired) electrons. The van der Waals surface area contributed by atoms with Crippen LogP contribution in [0.25, 0.3) is 22.4 Å². The fourth-order valence-corrected chi connectivity index (χ4v) is 2.64. The lowest BCUT2D eigenvalue weighted by Crippen LogP contribution is -1.98. The number of nitrogen functional groups attached to an aromatic ring is 1. The van der Waals surface area contributed by atoms with Gasteiger partial charge >= 0.3 is 0 Å². The van der Waals surface area contributed by atoms with Gasteiger partial charge < -0.3 is 5.73 Å². The second-order valence-corrected chi connectivity index (χ2v) is 5.96. The van der Waals surface area contributed by atoms with Gasteiger partial charge in [-0.25, -0.2) is 4.39 Å². The van der Waals surface area contributed by atoms with E-state index in [1.54, 1.807) is 29.9 Å². The zero-order valence-electron chi connectivity index (χ0n) is 11.3. The van der Waals surface area contributed by atoms with E-state index >= 15 is 0 Å². The molecule has 5 heteroatoms. The summed E-state index contributed by atoms with van der Waals surface area (Å²) in [7, 11) is 1.76. The smallest absolute Gasteiger partial charge is 0.131 e. The van der Waals surface area contributed by atoms with Crippen molar-refractivity contribution in [2.75, 3.05) is 5.73 Å². The summed E-state index contributed by atoms with van der Waals surface area (Å²) < 4.78 is 16.8. The number of nitrogens with two attached hydrogens (primary N) is 1. The summed E-state index contributed by atoms with van der Waals surface area (Å²) in [5, 5.41) is 4.45. The van der Waals surface area contributed by atoms with Gasteiger partial charge in [0.2, 0.25) is 0 Å². The van der Waals surface area contributed by atoms with Crippen molar-refractivity contribution in [1.29, 1.82) is 0 Å². The molecule has 0 atom stereocenters. The quantitative estimate of drug-likeness (QED) is 0.667. The molecule has 3 nitrogen and oxygen atoms in total. The molecule has 0 amide bonds. The van der Waals surface area contributed by atoms with Crippen molar-refractivity contribution in [2.45, 2.75) is 0 Å². The number of hydrogen-bond acceptors (Lipinski definition) is 2. The van der Waals surface area contributed by atoms with Crippen molar-refractivity contribution < 1.29 is 4.39 Å². The summed E-state index contributed by atoms with van der Waals surface area (Å²) >= 11 is 2.24. The summed E-state index contributed by atoms with van der Waals surface area (Å²) in [6, 6.07) is 14.5. The average Bonchev–Trinajstić information content (AvgIpc) is 2.77.